The molecule has 24 heavy (non-hydrogen) atoms. The highest BCUT2D eigenvalue weighted by Gasteiger charge is 2.33. The number of nitrogens with zero attached hydrogens (tertiary/aromatic N) is 1. The van der Waals surface area contributed by atoms with Crippen molar-refractivity contribution in [3.8, 4) is 5.75 Å². The second kappa shape index (κ2) is 7.31. The molecule has 2 rings (SSSR count). The van der Waals surface area contributed by atoms with E-state index in [0.29, 0.717) is 12.3 Å². The molecule has 128 valence electrons. The van der Waals surface area contributed by atoms with E-state index in [1.165, 1.54) is 13.0 Å². The number of fused-ring (bicyclic) bond motifs is 1. The van der Waals surface area contributed by atoms with Crippen LogP contribution in [0.25, 0.3) is 10.9 Å². The summed E-state index contributed by atoms with van der Waals surface area (Å²) in [5.74, 6) is -0.444. The van der Waals surface area contributed by atoms with Crippen LogP contribution in [0.2, 0.25) is 0 Å². The van der Waals surface area contributed by atoms with Gasteiger partial charge in [0.2, 0.25) is 5.91 Å². The predicted octanol–water partition coefficient (Wildman–Crippen LogP) is 1.98. The number of nitrogens with two attached hydrogens (primary N) is 1. The smallest absolute Gasteiger partial charge is 0.308 e. The number of benzene rings is 1. The maximum absolute atomic E-state index is 12.1. The standard InChI is InChI=1S/C18H23N3O3/c1-4-10-20-18(5-2,17(19)23)12-21-11-16(24-13(3)22)14-8-6-7-9-15(14)21/h5-9,11,20H,2,4,10,12H2,1,3H3,(H2,19,23). The zero-order valence-electron chi connectivity index (χ0n) is 14.0. The number of carbonyl (C=O) groups excluding carboxylic acids is 2. The zero-order chi connectivity index (χ0) is 17.7. The first-order valence-electron chi connectivity index (χ1n) is 7.88. The predicted molar refractivity (Wildman–Crippen MR) is 93.7 cm³/mol. The number of esters is 1. The number of carbonyl (C=O) groups is 2. The van der Waals surface area contributed by atoms with Gasteiger partial charge in [-0.25, -0.2) is 0 Å². The lowest BCUT2D eigenvalue weighted by atomic mass is 9.98. The van der Waals surface area contributed by atoms with Gasteiger partial charge in [0.25, 0.3) is 0 Å². The van der Waals surface area contributed by atoms with Crippen LogP contribution in [0.5, 0.6) is 5.75 Å². The first-order chi connectivity index (χ1) is 11.4. The Hall–Kier alpha value is -2.60. The summed E-state index contributed by atoms with van der Waals surface area (Å²) < 4.78 is 7.13. The molecule has 1 aromatic heterocycles. The molecule has 0 saturated carbocycles. The van der Waals surface area contributed by atoms with Gasteiger partial charge < -0.3 is 15.0 Å². The number of amides is 1. The van der Waals surface area contributed by atoms with Crippen LogP contribution >= 0.6 is 0 Å². The van der Waals surface area contributed by atoms with Gasteiger partial charge in [-0.3, -0.25) is 14.9 Å². The monoisotopic (exact) mass is 329 g/mol. The molecule has 0 saturated heterocycles. The number of hydrogen-bond acceptors (Lipinski definition) is 4. The number of primary amides is 1. The fourth-order valence-corrected chi connectivity index (χ4v) is 2.66. The number of rotatable bonds is 8. The number of ether oxygens (including phenoxy) is 1. The van der Waals surface area contributed by atoms with Crippen molar-refractivity contribution in [2.45, 2.75) is 32.4 Å². The number of hydrogen-bond donors (Lipinski definition) is 2. The van der Waals surface area contributed by atoms with E-state index < -0.39 is 17.4 Å². The fourth-order valence-electron chi connectivity index (χ4n) is 2.66. The second-order valence-corrected chi connectivity index (χ2v) is 5.70. The normalized spacial score (nSPS) is 13.4. The lowest BCUT2D eigenvalue weighted by Gasteiger charge is -2.29. The molecule has 0 aliphatic heterocycles. The maximum atomic E-state index is 12.1. The topological polar surface area (TPSA) is 86.3 Å². The van der Waals surface area contributed by atoms with Crippen molar-refractivity contribution in [3.63, 3.8) is 0 Å². The van der Waals surface area contributed by atoms with Gasteiger partial charge in [-0.05, 0) is 25.1 Å². The fraction of sp³-hybridized carbons (Fsp3) is 0.333. The van der Waals surface area contributed by atoms with E-state index in [1.807, 2.05) is 35.8 Å². The van der Waals surface area contributed by atoms with Crippen molar-refractivity contribution >= 4 is 22.8 Å². The summed E-state index contributed by atoms with van der Waals surface area (Å²) in [5, 5.41) is 3.97. The van der Waals surface area contributed by atoms with Crippen LogP contribution in [-0.2, 0) is 16.1 Å². The molecule has 1 amide bonds. The molecule has 0 radical (unpaired) electrons. The van der Waals surface area contributed by atoms with E-state index in [1.54, 1.807) is 6.20 Å². The van der Waals surface area contributed by atoms with Gasteiger partial charge in [0.15, 0.2) is 5.75 Å². The highest BCUT2D eigenvalue weighted by Crippen LogP contribution is 2.29. The summed E-state index contributed by atoms with van der Waals surface area (Å²) >= 11 is 0. The molecule has 6 heteroatoms. The molecular weight excluding hydrogens is 306 g/mol. The number of nitrogens with one attached hydrogen (secondary N) is 1. The maximum Gasteiger partial charge on any atom is 0.308 e. The molecule has 0 aliphatic rings. The molecule has 2 aromatic rings. The van der Waals surface area contributed by atoms with Crippen LogP contribution in [-0.4, -0.2) is 28.5 Å². The summed E-state index contributed by atoms with van der Waals surface area (Å²) in [7, 11) is 0. The third-order valence-corrected chi connectivity index (χ3v) is 3.90. The summed E-state index contributed by atoms with van der Waals surface area (Å²) in [4.78, 5) is 23.4. The van der Waals surface area contributed by atoms with Crippen molar-refractivity contribution in [2.24, 2.45) is 5.73 Å². The van der Waals surface area contributed by atoms with Crippen LogP contribution in [0.1, 0.15) is 20.3 Å². The Balaban J connectivity index is 2.48. The highest BCUT2D eigenvalue weighted by molar-refractivity contribution is 5.90. The third-order valence-electron chi connectivity index (χ3n) is 3.90. The van der Waals surface area contributed by atoms with Crippen LogP contribution in [0.15, 0.2) is 43.1 Å². The summed E-state index contributed by atoms with van der Waals surface area (Å²) in [6.07, 6.45) is 4.10. The number of aromatic nitrogens is 1. The van der Waals surface area contributed by atoms with Crippen molar-refractivity contribution in [1.29, 1.82) is 0 Å². The molecule has 1 heterocycles. The van der Waals surface area contributed by atoms with Crippen LogP contribution in [0, 0.1) is 0 Å². The molecule has 0 fully saturated rings. The van der Waals surface area contributed by atoms with E-state index in [9.17, 15) is 9.59 Å². The summed E-state index contributed by atoms with van der Waals surface area (Å²) in [6.45, 7) is 8.02. The highest BCUT2D eigenvalue weighted by atomic mass is 16.5. The SMILES string of the molecule is C=CC(Cn1cc(OC(C)=O)c2ccccc21)(NCCC)C(N)=O. The second-order valence-electron chi connectivity index (χ2n) is 5.70. The third kappa shape index (κ3) is 3.49. The van der Waals surface area contributed by atoms with E-state index >= 15 is 0 Å². The largest absolute Gasteiger partial charge is 0.424 e. The molecule has 1 aromatic carbocycles. The minimum atomic E-state index is -1.08. The van der Waals surface area contributed by atoms with E-state index in [2.05, 4.69) is 11.9 Å². The first kappa shape index (κ1) is 17.7. The van der Waals surface area contributed by atoms with Gasteiger partial charge in [0.1, 0.15) is 5.54 Å². The molecule has 0 spiro atoms. The average molecular weight is 329 g/mol. The van der Waals surface area contributed by atoms with Crippen LogP contribution < -0.4 is 15.8 Å². The Morgan fingerprint density at radius 2 is 2.12 bits per heavy atom. The Labute approximate surface area is 141 Å². The Kier molecular flexibility index (Phi) is 5.41. The molecular formula is C18H23N3O3. The Morgan fingerprint density at radius 3 is 2.71 bits per heavy atom. The molecule has 0 aliphatic carbocycles. The zero-order valence-corrected chi connectivity index (χ0v) is 14.0. The van der Waals surface area contributed by atoms with Gasteiger partial charge >= 0.3 is 5.97 Å². The van der Waals surface area contributed by atoms with Gasteiger partial charge in [0, 0.05) is 18.5 Å². The minimum Gasteiger partial charge on any atom is -0.424 e. The van der Waals surface area contributed by atoms with Crippen molar-refractivity contribution < 1.29 is 14.3 Å². The Morgan fingerprint density at radius 1 is 1.42 bits per heavy atom. The van der Waals surface area contributed by atoms with Gasteiger partial charge in [-0.15, -0.1) is 6.58 Å². The van der Waals surface area contributed by atoms with Crippen molar-refractivity contribution in [3.05, 3.63) is 43.1 Å². The van der Waals surface area contributed by atoms with Crippen LogP contribution in [0.3, 0.4) is 0 Å². The molecule has 6 nitrogen and oxygen atoms in total. The lowest BCUT2D eigenvalue weighted by Crippen LogP contribution is -2.56. The first-order valence-corrected chi connectivity index (χ1v) is 7.88. The summed E-state index contributed by atoms with van der Waals surface area (Å²) in [6, 6.07) is 7.51. The van der Waals surface area contributed by atoms with Crippen molar-refractivity contribution in [2.75, 3.05) is 6.54 Å². The molecule has 3 N–H and O–H groups in total. The number of para-hydroxylation sites is 1. The van der Waals surface area contributed by atoms with Gasteiger partial charge in [0.05, 0.1) is 12.1 Å². The average Bonchev–Trinajstić information content (AvgIpc) is 2.88. The van der Waals surface area contributed by atoms with E-state index in [-0.39, 0.29) is 6.54 Å². The van der Waals surface area contributed by atoms with Gasteiger partial charge in [-0.2, -0.15) is 0 Å². The Bertz CT molecular complexity index is 766. The quantitative estimate of drug-likeness (QED) is 0.573. The van der Waals surface area contributed by atoms with Crippen molar-refractivity contribution in [1.82, 2.24) is 9.88 Å². The van der Waals surface area contributed by atoms with Crippen LogP contribution in [0.4, 0.5) is 0 Å². The molecule has 1 atom stereocenters. The molecule has 0 bridgehead atoms. The van der Waals surface area contributed by atoms with Gasteiger partial charge in [-0.1, -0.05) is 25.1 Å². The lowest BCUT2D eigenvalue weighted by molar-refractivity contribution is -0.131. The van der Waals surface area contributed by atoms with E-state index in [0.717, 1.165) is 17.3 Å². The van der Waals surface area contributed by atoms with E-state index in [4.69, 9.17) is 10.5 Å². The summed E-state index contributed by atoms with van der Waals surface area (Å²) in [5.41, 5.74) is 5.40. The molecule has 1 unspecified atom stereocenters. The minimum absolute atomic E-state index is 0.258.